The SMILES string of the molecule is COc1cc(NS(=O)(=O)c2ncn(C)c2Cl)c(OC)cc1NC(=O)c1ccccc1. The van der Waals surface area contributed by atoms with Gasteiger partial charge in [-0.2, -0.15) is 8.42 Å². The monoisotopic (exact) mass is 450 g/mol. The number of hydrogen-bond donors (Lipinski definition) is 2. The summed E-state index contributed by atoms with van der Waals surface area (Å²) in [4.78, 5) is 16.3. The number of sulfonamides is 1. The van der Waals surface area contributed by atoms with Crippen molar-refractivity contribution in [2.45, 2.75) is 5.03 Å². The number of anilines is 2. The summed E-state index contributed by atoms with van der Waals surface area (Å²) in [5.41, 5.74) is 0.851. The fourth-order valence-electron chi connectivity index (χ4n) is 2.63. The number of rotatable bonds is 7. The van der Waals surface area contributed by atoms with Crippen LogP contribution in [0.25, 0.3) is 0 Å². The lowest BCUT2D eigenvalue weighted by Gasteiger charge is -2.16. The maximum atomic E-state index is 12.7. The van der Waals surface area contributed by atoms with Crippen LogP contribution in [-0.2, 0) is 17.1 Å². The smallest absolute Gasteiger partial charge is 0.282 e. The lowest BCUT2D eigenvalue weighted by molar-refractivity contribution is 0.102. The van der Waals surface area contributed by atoms with E-state index in [0.29, 0.717) is 11.3 Å². The van der Waals surface area contributed by atoms with Crippen molar-refractivity contribution in [3.63, 3.8) is 0 Å². The Morgan fingerprint density at radius 2 is 1.67 bits per heavy atom. The average Bonchev–Trinajstić information content (AvgIpc) is 3.08. The van der Waals surface area contributed by atoms with Crippen molar-refractivity contribution in [1.29, 1.82) is 0 Å². The molecule has 3 rings (SSSR count). The van der Waals surface area contributed by atoms with E-state index in [1.165, 1.54) is 37.2 Å². The Hall–Kier alpha value is -3.24. The number of amides is 1. The summed E-state index contributed by atoms with van der Waals surface area (Å²) < 4.78 is 39.8. The van der Waals surface area contributed by atoms with E-state index >= 15 is 0 Å². The number of carbonyl (C=O) groups is 1. The average molecular weight is 451 g/mol. The van der Waals surface area contributed by atoms with Crippen LogP contribution in [0.5, 0.6) is 11.5 Å². The third kappa shape index (κ3) is 4.34. The molecular formula is C19H19ClN4O5S. The lowest BCUT2D eigenvalue weighted by Crippen LogP contribution is -2.16. The molecule has 0 saturated carbocycles. The van der Waals surface area contributed by atoms with Gasteiger partial charge in [-0.05, 0) is 12.1 Å². The van der Waals surface area contributed by atoms with Crippen molar-refractivity contribution in [1.82, 2.24) is 9.55 Å². The Balaban J connectivity index is 1.95. The summed E-state index contributed by atoms with van der Waals surface area (Å²) in [6, 6.07) is 11.5. The van der Waals surface area contributed by atoms with Crippen LogP contribution in [0.3, 0.4) is 0 Å². The number of imidazole rings is 1. The zero-order valence-electron chi connectivity index (χ0n) is 16.3. The molecule has 1 amide bonds. The van der Waals surface area contributed by atoms with Gasteiger partial charge in [-0.25, -0.2) is 4.98 Å². The molecule has 2 N–H and O–H groups in total. The number of halogens is 1. The van der Waals surface area contributed by atoms with E-state index < -0.39 is 10.0 Å². The van der Waals surface area contributed by atoms with E-state index in [9.17, 15) is 13.2 Å². The Kier molecular flexibility index (Phi) is 6.18. The van der Waals surface area contributed by atoms with Crippen molar-refractivity contribution < 1.29 is 22.7 Å². The fraction of sp³-hybridized carbons (Fsp3) is 0.158. The Labute approximate surface area is 178 Å². The normalized spacial score (nSPS) is 11.1. The number of nitrogens with zero attached hydrogens (tertiary/aromatic N) is 2. The summed E-state index contributed by atoms with van der Waals surface area (Å²) in [5.74, 6) is 0.0317. The van der Waals surface area contributed by atoms with Crippen LogP contribution in [0.1, 0.15) is 10.4 Å². The van der Waals surface area contributed by atoms with Crippen molar-refractivity contribution >= 4 is 38.9 Å². The third-order valence-electron chi connectivity index (χ3n) is 4.14. The number of hydrogen-bond acceptors (Lipinski definition) is 6. The molecule has 0 spiro atoms. The van der Waals surface area contributed by atoms with Crippen LogP contribution >= 0.6 is 11.6 Å². The zero-order chi connectivity index (χ0) is 21.9. The van der Waals surface area contributed by atoms with Crippen molar-refractivity contribution in [2.24, 2.45) is 7.05 Å². The van der Waals surface area contributed by atoms with E-state index in [1.807, 2.05) is 0 Å². The molecule has 11 heteroatoms. The van der Waals surface area contributed by atoms with Gasteiger partial charge in [0.25, 0.3) is 15.9 Å². The Morgan fingerprint density at radius 1 is 1.07 bits per heavy atom. The lowest BCUT2D eigenvalue weighted by atomic mass is 10.2. The Bertz CT molecular complexity index is 1180. The second-order valence-electron chi connectivity index (χ2n) is 6.13. The van der Waals surface area contributed by atoms with Crippen LogP contribution in [0.15, 0.2) is 53.8 Å². The van der Waals surface area contributed by atoms with Crippen molar-refractivity contribution in [3.8, 4) is 11.5 Å². The molecule has 0 bridgehead atoms. The van der Waals surface area contributed by atoms with Gasteiger partial charge in [0.1, 0.15) is 16.7 Å². The predicted molar refractivity (Wildman–Crippen MR) is 113 cm³/mol. The Morgan fingerprint density at radius 3 is 2.23 bits per heavy atom. The van der Waals surface area contributed by atoms with Gasteiger partial charge < -0.3 is 19.4 Å². The largest absolute Gasteiger partial charge is 0.494 e. The van der Waals surface area contributed by atoms with Crippen LogP contribution in [0, 0.1) is 0 Å². The van der Waals surface area contributed by atoms with Gasteiger partial charge in [0.2, 0.25) is 5.03 Å². The molecule has 0 unspecified atom stereocenters. The molecule has 0 aliphatic carbocycles. The molecule has 9 nitrogen and oxygen atoms in total. The first-order valence-electron chi connectivity index (χ1n) is 8.59. The minimum Gasteiger partial charge on any atom is -0.494 e. The number of methoxy groups -OCH3 is 2. The summed E-state index contributed by atoms with van der Waals surface area (Å²) >= 11 is 6.01. The van der Waals surface area contributed by atoms with Gasteiger partial charge in [-0.3, -0.25) is 9.52 Å². The van der Waals surface area contributed by atoms with Crippen molar-refractivity contribution in [2.75, 3.05) is 24.3 Å². The number of ether oxygens (including phenoxy) is 2. The predicted octanol–water partition coefficient (Wildman–Crippen LogP) is 3.14. The van der Waals surface area contributed by atoms with E-state index in [2.05, 4.69) is 15.0 Å². The van der Waals surface area contributed by atoms with E-state index in [-0.39, 0.29) is 33.3 Å². The van der Waals surface area contributed by atoms with Crippen LogP contribution in [0.2, 0.25) is 5.15 Å². The minimum absolute atomic E-state index is 0.0415. The maximum absolute atomic E-state index is 12.7. The number of benzene rings is 2. The summed E-state index contributed by atoms with van der Waals surface area (Å²) in [5, 5.41) is 2.36. The molecule has 158 valence electrons. The molecule has 0 atom stereocenters. The molecule has 3 aromatic rings. The van der Waals surface area contributed by atoms with Gasteiger partial charge in [-0.15, -0.1) is 0 Å². The minimum atomic E-state index is -4.10. The molecule has 30 heavy (non-hydrogen) atoms. The van der Waals surface area contributed by atoms with Gasteiger partial charge >= 0.3 is 0 Å². The molecule has 0 radical (unpaired) electrons. The molecule has 0 aliphatic heterocycles. The van der Waals surface area contributed by atoms with Crippen molar-refractivity contribution in [3.05, 3.63) is 59.5 Å². The van der Waals surface area contributed by atoms with Gasteiger partial charge in [0.15, 0.2) is 0 Å². The third-order valence-corrected chi connectivity index (χ3v) is 5.99. The highest BCUT2D eigenvalue weighted by Gasteiger charge is 2.25. The molecule has 0 saturated heterocycles. The fourth-order valence-corrected chi connectivity index (χ4v) is 4.12. The molecular weight excluding hydrogens is 432 g/mol. The second kappa shape index (κ2) is 8.64. The summed E-state index contributed by atoms with van der Waals surface area (Å²) in [6.07, 6.45) is 1.29. The van der Waals surface area contributed by atoms with Crippen LogP contribution < -0.4 is 19.5 Å². The van der Waals surface area contributed by atoms with E-state index in [0.717, 1.165) is 0 Å². The molecule has 2 aromatic carbocycles. The van der Waals surface area contributed by atoms with Gasteiger partial charge in [0.05, 0.1) is 31.9 Å². The highest BCUT2D eigenvalue weighted by Crippen LogP contribution is 2.38. The van der Waals surface area contributed by atoms with Gasteiger partial charge in [-0.1, -0.05) is 29.8 Å². The molecule has 0 aliphatic rings. The summed E-state index contributed by atoms with van der Waals surface area (Å²) in [7, 11) is 0.243. The number of aromatic nitrogens is 2. The molecule has 1 aromatic heterocycles. The number of nitrogens with one attached hydrogen (secondary N) is 2. The zero-order valence-corrected chi connectivity index (χ0v) is 17.9. The topological polar surface area (TPSA) is 112 Å². The highest BCUT2D eigenvalue weighted by molar-refractivity contribution is 7.92. The quantitative estimate of drug-likeness (QED) is 0.572. The van der Waals surface area contributed by atoms with E-state index in [4.69, 9.17) is 21.1 Å². The first kappa shape index (κ1) is 21.5. The van der Waals surface area contributed by atoms with Crippen LogP contribution in [-0.4, -0.2) is 38.1 Å². The molecule has 1 heterocycles. The first-order chi connectivity index (χ1) is 14.3. The first-order valence-corrected chi connectivity index (χ1v) is 10.4. The van der Waals surface area contributed by atoms with E-state index in [1.54, 1.807) is 37.4 Å². The van der Waals surface area contributed by atoms with Gasteiger partial charge in [0, 0.05) is 24.7 Å². The maximum Gasteiger partial charge on any atom is 0.282 e. The van der Waals surface area contributed by atoms with Crippen LogP contribution in [0.4, 0.5) is 11.4 Å². The standard InChI is InChI=1S/C19H19ClN4O5S/c1-24-11-21-19(17(24)20)30(26,27)23-14-10-15(28-2)13(9-16(14)29-3)22-18(25)12-7-5-4-6-8-12/h4-11,23H,1-3H3,(H,22,25). The second-order valence-corrected chi connectivity index (χ2v) is 8.09. The number of aryl methyl sites for hydroxylation is 1. The number of carbonyl (C=O) groups excluding carboxylic acids is 1. The molecule has 0 fully saturated rings. The summed E-state index contributed by atoms with van der Waals surface area (Å²) in [6.45, 7) is 0. The highest BCUT2D eigenvalue weighted by atomic mass is 35.5.